The lowest BCUT2D eigenvalue weighted by Gasteiger charge is -2.16. The number of H-pyrrole nitrogens is 1. The van der Waals surface area contributed by atoms with Crippen LogP contribution >= 0.6 is 23.2 Å². The topological polar surface area (TPSA) is 56.8 Å². The van der Waals surface area contributed by atoms with Gasteiger partial charge in [-0.15, -0.1) is 5.10 Å². The molecular weight excluding hydrogens is 297 g/mol. The summed E-state index contributed by atoms with van der Waals surface area (Å²) >= 11 is 12.1. The first-order chi connectivity index (χ1) is 9.74. The number of halogens is 2. The van der Waals surface area contributed by atoms with Gasteiger partial charge in [0.15, 0.2) is 5.82 Å². The van der Waals surface area contributed by atoms with Crippen molar-refractivity contribution in [3.8, 4) is 11.4 Å². The number of aromatic amines is 1. The molecule has 5 nitrogen and oxygen atoms in total. The van der Waals surface area contributed by atoms with Crippen LogP contribution in [0.1, 0.15) is 6.42 Å². The first-order valence-corrected chi connectivity index (χ1v) is 7.33. The molecule has 0 unspecified atom stereocenters. The third-order valence-electron chi connectivity index (χ3n) is 3.28. The Morgan fingerprint density at radius 2 is 2.05 bits per heavy atom. The van der Waals surface area contributed by atoms with E-state index in [0.29, 0.717) is 15.9 Å². The maximum Gasteiger partial charge on any atom is 0.245 e. The first kappa shape index (κ1) is 13.7. The van der Waals surface area contributed by atoms with Crippen LogP contribution in [0.25, 0.3) is 11.4 Å². The molecule has 0 aliphatic carbocycles. The molecule has 0 spiro atoms. The summed E-state index contributed by atoms with van der Waals surface area (Å²) in [6.07, 6.45) is 1.09. The molecule has 0 amide bonds. The van der Waals surface area contributed by atoms with Crippen molar-refractivity contribution in [1.82, 2.24) is 20.5 Å². The van der Waals surface area contributed by atoms with Crippen molar-refractivity contribution in [1.29, 1.82) is 0 Å². The number of hydrogen-bond donors (Lipinski definition) is 2. The van der Waals surface area contributed by atoms with Crippen LogP contribution in [-0.4, -0.2) is 41.4 Å². The van der Waals surface area contributed by atoms with Gasteiger partial charge in [-0.25, -0.2) is 0 Å². The van der Waals surface area contributed by atoms with Crippen LogP contribution in [0, 0.1) is 0 Å². The van der Waals surface area contributed by atoms with E-state index in [0.717, 1.165) is 44.1 Å². The Bertz CT molecular complexity index is 590. The van der Waals surface area contributed by atoms with Crippen molar-refractivity contribution in [3.63, 3.8) is 0 Å². The molecule has 1 fully saturated rings. The van der Waals surface area contributed by atoms with Gasteiger partial charge in [-0.1, -0.05) is 23.2 Å². The number of benzene rings is 1. The number of nitrogens with one attached hydrogen (secondary N) is 2. The van der Waals surface area contributed by atoms with Gasteiger partial charge in [0.1, 0.15) is 0 Å². The fraction of sp³-hybridized carbons (Fsp3) is 0.385. The Balaban J connectivity index is 1.85. The molecule has 0 bridgehead atoms. The SMILES string of the molecule is Clc1ccc(-c2nc(N3CCCNCC3)n[nH]2)c(Cl)c1. The van der Waals surface area contributed by atoms with Crippen LogP contribution in [0.4, 0.5) is 5.95 Å². The summed E-state index contributed by atoms with van der Waals surface area (Å²) in [5.74, 6) is 1.38. The fourth-order valence-corrected chi connectivity index (χ4v) is 2.74. The molecule has 1 aromatic carbocycles. The number of nitrogens with zero attached hydrogens (tertiary/aromatic N) is 3. The Morgan fingerprint density at radius 1 is 1.15 bits per heavy atom. The van der Waals surface area contributed by atoms with E-state index in [-0.39, 0.29) is 0 Å². The van der Waals surface area contributed by atoms with Crippen molar-refractivity contribution in [2.75, 3.05) is 31.1 Å². The minimum atomic E-state index is 0.567. The normalized spacial score (nSPS) is 16.2. The zero-order valence-corrected chi connectivity index (χ0v) is 12.4. The number of anilines is 1. The molecule has 106 valence electrons. The van der Waals surface area contributed by atoms with Gasteiger partial charge >= 0.3 is 0 Å². The summed E-state index contributed by atoms with van der Waals surface area (Å²) in [4.78, 5) is 6.71. The van der Waals surface area contributed by atoms with E-state index in [4.69, 9.17) is 23.2 Å². The summed E-state index contributed by atoms with van der Waals surface area (Å²) in [5, 5.41) is 11.8. The lowest BCUT2D eigenvalue weighted by atomic mass is 10.2. The van der Waals surface area contributed by atoms with E-state index >= 15 is 0 Å². The molecule has 0 saturated carbocycles. The zero-order valence-electron chi connectivity index (χ0n) is 10.9. The largest absolute Gasteiger partial charge is 0.338 e. The Kier molecular flexibility index (Phi) is 4.10. The second-order valence-electron chi connectivity index (χ2n) is 4.70. The van der Waals surface area contributed by atoms with Crippen molar-refractivity contribution in [3.05, 3.63) is 28.2 Å². The van der Waals surface area contributed by atoms with Gasteiger partial charge in [0, 0.05) is 30.2 Å². The predicted octanol–water partition coefficient (Wildman–Crippen LogP) is 2.58. The average molecular weight is 312 g/mol. The molecule has 1 saturated heterocycles. The Labute approximate surface area is 127 Å². The molecule has 0 radical (unpaired) electrons. The Morgan fingerprint density at radius 3 is 2.90 bits per heavy atom. The van der Waals surface area contributed by atoms with Gasteiger partial charge in [-0.05, 0) is 31.2 Å². The van der Waals surface area contributed by atoms with E-state index in [1.165, 1.54) is 0 Å². The highest BCUT2D eigenvalue weighted by atomic mass is 35.5. The van der Waals surface area contributed by atoms with Crippen LogP contribution < -0.4 is 10.2 Å². The highest BCUT2D eigenvalue weighted by Gasteiger charge is 2.16. The molecule has 0 atom stereocenters. The van der Waals surface area contributed by atoms with E-state index < -0.39 is 0 Å². The fourth-order valence-electron chi connectivity index (χ4n) is 2.24. The second-order valence-corrected chi connectivity index (χ2v) is 5.54. The first-order valence-electron chi connectivity index (χ1n) is 6.57. The summed E-state index contributed by atoms with van der Waals surface area (Å²) < 4.78 is 0. The van der Waals surface area contributed by atoms with E-state index in [1.807, 2.05) is 6.07 Å². The molecule has 7 heteroatoms. The van der Waals surface area contributed by atoms with Crippen molar-refractivity contribution in [2.24, 2.45) is 0 Å². The van der Waals surface area contributed by atoms with E-state index in [9.17, 15) is 0 Å². The number of aromatic nitrogens is 3. The standard InChI is InChI=1S/C13H15Cl2N5/c14-9-2-3-10(11(15)8-9)12-17-13(19-18-12)20-6-1-4-16-5-7-20/h2-3,8,16H,1,4-7H2,(H,17,18,19). The predicted molar refractivity (Wildman–Crippen MR) is 81.5 cm³/mol. The van der Waals surface area contributed by atoms with Crippen LogP contribution in [0.5, 0.6) is 0 Å². The lowest BCUT2D eigenvalue weighted by molar-refractivity contribution is 0.724. The highest BCUT2D eigenvalue weighted by Crippen LogP contribution is 2.28. The molecule has 2 heterocycles. The number of hydrogen-bond acceptors (Lipinski definition) is 4. The molecule has 1 aliphatic rings. The van der Waals surface area contributed by atoms with Crippen LogP contribution in [-0.2, 0) is 0 Å². The quantitative estimate of drug-likeness (QED) is 0.895. The average Bonchev–Trinajstić information content (AvgIpc) is 2.74. The summed E-state index contributed by atoms with van der Waals surface area (Å²) in [5.41, 5.74) is 0.808. The third kappa shape index (κ3) is 2.90. The van der Waals surface area contributed by atoms with Gasteiger partial charge in [0.05, 0.1) is 5.02 Å². The van der Waals surface area contributed by atoms with Crippen LogP contribution in [0.2, 0.25) is 10.0 Å². The second kappa shape index (κ2) is 5.99. The van der Waals surface area contributed by atoms with Crippen molar-refractivity contribution in [2.45, 2.75) is 6.42 Å². The third-order valence-corrected chi connectivity index (χ3v) is 3.83. The molecule has 2 aromatic rings. The maximum absolute atomic E-state index is 6.19. The van der Waals surface area contributed by atoms with Crippen molar-refractivity contribution >= 4 is 29.2 Å². The zero-order chi connectivity index (χ0) is 13.9. The van der Waals surface area contributed by atoms with Gasteiger partial charge < -0.3 is 10.2 Å². The number of rotatable bonds is 2. The summed E-state index contributed by atoms with van der Waals surface area (Å²) in [7, 11) is 0. The van der Waals surface area contributed by atoms with Gasteiger partial charge in [0.2, 0.25) is 5.95 Å². The van der Waals surface area contributed by atoms with Gasteiger partial charge in [-0.3, -0.25) is 5.10 Å². The smallest absolute Gasteiger partial charge is 0.245 e. The highest BCUT2D eigenvalue weighted by molar-refractivity contribution is 6.36. The molecule has 20 heavy (non-hydrogen) atoms. The molecular formula is C13H15Cl2N5. The summed E-state index contributed by atoms with van der Waals surface area (Å²) in [6.45, 7) is 3.85. The molecule has 1 aromatic heterocycles. The van der Waals surface area contributed by atoms with E-state index in [2.05, 4.69) is 25.4 Å². The minimum absolute atomic E-state index is 0.567. The maximum atomic E-state index is 6.19. The molecule has 2 N–H and O–H groups in total. The van der Waals surface area contributed by atoms with Crippen LogP contribution in [0.3, 0.4) is 0 Å². The molecule has 1 aliphatic heterocycles. The Hall–Kier alpha value is -1.30. The van der Waals surface area contributed by atoms with Gasteiger partial charge in [0.25, 0.3) is 0 Å². The van der Waals surface area contributed by atoms with Crippen molar-refractivity contribution < 1.29 is 0 Å². The van der Waals surface area contributed by atoms with Crippen LogP contribution in [0.15, 0.2) is 18.2 Å². The van der Waals surface area contributed by atoms with E-state index in [1.54, 1.807) is 12.1 Å². The summed E-state index contributed by atoms with van der Waals surface area (Å²) in [6, 6.07) is 5.34. The lowest BCUT2D eigenvalue weighted by Crippen LogP contribution is -2.28. The minimum Gasteiger partial charge on any atom is -0.338 e. The molecule has 3 rings (SSSR count). The monoisotopic (exact) mass is 311 g/mol. The van der Waals surface area contributed by atoms with Gasteiger partial charge in [-0.2, -0.15) is 4.98 Å².